The van der Waals surface area contributed by atoms with Crippen LogP contribution in [0.4, 0.5) is 0 Å². The summed E-state index contributed by atoms with van der Waals surface area (Å²) in [5.41, 5.74) is 0.953. The van der Waals surface area contributed by atoms with Crippen LogP contribution in [-0.4, -0.2) is 51.3 Å². The maximum atomic E-state index is 13.1. The maximum absolute atomic E-state index is 13.1. The monoisotopic (exact) mass is 486 g/mol. The van der Waals surface area contributed by atoms with Gasteiger partial charge in [0, 0.05) is 12.2 Å². The Hall–Kier alpha value is -4.27. The number of rotatable bonds is 8. The number of carbonyl (C=O) groups excluding carboxylic acids is 3. The Kier molecular flexibility index (Phi) is 6.37. The van der Waals surface area contributed by atoms with Gasteiger partial charge in [0.05, 0.1) is 18.9 Å². The van der Waals surface area contributed by atoms with Gasteiger partial charge in [-0.05, 0) is 48.1 Å². The quantitative estimate of drug-likeness (QED) is 0.487. The highest BCUT2D eigenvalue weighted by Crippen LogP contribution is 2.59. The highest BCUT2D eigenvalue weighted by Gasteiger charge is 2.64. The van der Waals surface area contributed by atoms with Crippen molar-refractivity contribution in [2.45, 2.75) is 38.5 Å². The molecule has 3 aromatic rings. The predicted molar refractivity (Wildman–Crippen MR) is 129 cm³/mol. The van der Waals surface area contributed by atoms with E-state index in [-0.39, 0.29) is 36.2 Å². The zero-order valence-electron chi connectivity index (χ0n) is 19.8. The predicted octanol–water partition coefficient (Wildman–Crippen LogP) is 3.12. The van der Waals surface area contributed by atoms with E-state index in [1.165, 1.54) is 12.3 Å². The molecule has 1 N–H and O–H groups in total. The molecule has 2 aliphatic rings. The highest BCUT2D eigenvalue weighted by molar-refractivity contribution is 5.96. The van der Waals surface area contributed by atoms with Crippen molar-refractivity contribution in [2.24, 2.45) is 5.41 Å². The van der Waals surface area contributed by atoms with Gasteiger partial charge in [-0.15, -0.1) is 0 Å². The number of ether oxygens (including phenoxy) is 2. The SMILES string of the molecule is C[C@@]12C[C@@H]1N(C(=O)CNC(=O)c1ccc(Oc3cccnc3)cn1)[C@H](C(=O)OCc1ccccc1)C2. The lowest BCUT2D eigenvalue weighted by Crippen LogP contribution is -2.48. The Labute approximate surface area is 208 Å². The van der Waals surface area contributed by atoms with Crippen LogP contribution in [0.2, 0.25) is 0 Å². The van der Waals surface area contributed by atoms with E-state index in [2.05, 4.69) is 22.2 Å². The maximum Gasteiger partial charge on any atom is 0.329 e. The zero-order valence-corrected chi connectivity index (χ0v) is 19.8. The Morgan fingerprint density at radius 1 is 1.03 bits per heavy atom. The molecule has 1 saturated carbocycles. The molecule has 9 heteroatoms. The number of benzene rings is 1. The molecule has 3 heterocycles. The van der Waals surface area contributed by atoms with Gasteiger partial charge in [0.15, 0.2) is 0 Å². The number of likely N-dealkylation sites (tertiary alicyclic amines) is 1. The van der Waals surface area contributed by atoms with E-state index >= 15 is 0 Å². The van der Waals surface area contributed by atoms with E-state index in [1.807, 2.05) is 30.3 Å². The van der Waals surface area contributed by atoms with Crippen LogP contribution in [0.1, 0.15) is 35.8 Å². The zero-order chi connectivity index (χ0) is 25.1. The number of hydrogen-bond acceptors (Lipinski definition) is 7. The summed E-state index contributed by atoms with van der Waals surface area (Å²) < 4.78 is 11.1. The summed E-state index contributed by atoms with van der Waals surface area (Å²) in [5, 5.41) is 2.62. The lowest BCUT2D eigenvalue weighted by molar-refractivity contribution is -0.155. The number of fused-ring (bicyclic) bond motifs is 1. The first-order valence-electron chi connectivity index (χ1n) is 11.8. The minimum absolute atomic E-state index is 0.0155. The molecule has 1 saturated heterocycles. The summed E-state index contributed by atoms with van der Waals surface area (Å²) in [6, 6.07) is 15.4. The van der Waals surface area contributed by atoms with E-state index in [4.69, 9.17) is 9.47 Å². The molecule has 0 unspecified atom stereocenters. The van der Waals surface area contributed by atoms with Crippen molar-refractivity contribution in [1.29, 1.82) is 0 Å². The van der Waals surface area contributed by atoms with Gasteiger partial charge < -0.3 is 19.7 Å². The molecule has 184 valence electrons. The van der Waals surface area contributed by atoms with Crippen LogP contribution < -0.4 is 10.1 Å². The fraction of sp³-hybridized carbons (Fsp3) is 0.296. The van der Waals surface area contributed by atoms with Crippen molar-refractivity contribution in [3.05, 3.63) is 84.4 Å². The number of amides is 2. The Morgan fingerprint density at radius 3 is 2.56 bits per heavy atom. The average Bonchev–Trinajstić information content (AvgIpc) is 3.47. The number of nitrogens with zero attached hydrogens (tertiary/aromatic N) is 3. The lowest BCUT2D eigenvalue weighted by atomic mass is 10.0. The topological polar surface area (TPSA) is 111 Å². The van der Waals surface area contributed by atoms with Crippen molar-refractivity contribution in [3.63, 3.8) is 0 Å². The lowest BCUT2D eigenvalue weighted by Gasteiger charge is -2.26. The standard InChI is InChI=1S/C27H26N4O5/c1-27-12-22(26(34)35-17-18-6-3-2-4-7-18)31(23(27)13-27)24(32)16-30-25(33)21-10-9-20(15-29-21)36-19-8-5-11-28-14-19/h2-11,14-15,22-23H,12-13,16-17H2,1H3,(H,30,33)/t22-,23-,27+/m0/s1. The summed E-state index contributed by atoms with van der Waals surface area (Å²) in [5.74, 6) is -0.211. The summed E-state index contributed by atoms with van der Waals surface area (Å²) in [6.45, 7) is 1.99. The molecular formula is C27H26N4O5. The summed E-state index contributed by atoms with van der Waals surface area (Å²) in [6.07, 6.45) is 6.04. The van der Waals surface area contributed by atoms with Crippen molar-refractivity contribution in [1.82, 2.24) is 20.2 Å². The summed E-state index contributed by atoms with van der Waals surface area (Å²) in [7, 11) is 0. The number of esters is 1. The molecule has 0 spiro atoms. The van der Waals surface area contributed by atoms with Gasteiger partial charge in [-0.1, -0.05) is 37.3 Å². The van der Waals surface area contributed by atoms with Crippen molar-refractivity contribution in [3.8, 4) is 11.5 Å². The molecule has 0 bridgehead atoms. The van der Waals surface area contributed by atoms with Gasteiger partial charge in [0.1, 0.15) is 29.8 Å². The molecule has 1 aromatic carbocycles. The second-order valence-electron chi connectivity index (χ2n) is 9.34. The molecule has 1 aliphatic heterocycles. The third-order valence-corrected chi connectivity index (χ3v) is 6.66. The molecule has 2 fully saturated rings. The van der Waals surface area contributed by atoms with E-state index in [0.29, 0.717) is 17.9 Å². The first-order chi connectivity index (χ1) is 17.4. The fourth-order valence-corrected chi connectivity index (χ4v) is 4.62. The van der Waals surface area contributed by atoms with Gasteiger partial charge in [-0.3, -0.25) is 14.6 Å². The van der Waals surface area contributed by atoms with Gasteiger partial charge in [0.2, 0.25) is 5.91 Å². The largest absolute Gasteiger partial charge is 0.459 e. The van der Waals surface area contributed by atoms with Crippen molar-refractivity contribution in [2.75, 3.05) is 6.54 Å². The molecule has 2 aromatic heterocycles. The van der Waals surface area contributed by atoms with Crippen LogP contribution in [0.3, 0.4) is 0 Å². The van der Waals surface area contributed by atoms with Gasteiger partial charge in [-0.25, -0.2) is 9.78 Å². The number of hydrogen-bond donors (Lipinski definition) is 1. The second-order valence-corrected chi connectivity index (χ2v) is 9.34. The number of piperidine rings is 1. The third kappa shape index (κ3) is 5.05. The van der Waals surface area contributed by atoms with Gasteiger partial charge >= 0.3 is 5.97 Å². The fourth-order valence-electron chi connectivity index (χ4n) is 4.62. The van der Waals surface area contributed by atoms with Crippen LogP contribution in [0.25, 0.3) is 0 Å². The van der Waals surface area contributed by atoms with Gasteiger partial charge in [0.25, 0.3) is 5.91 Å². The van der Waals surface area contributed by atoms with Crippen LogP contribution in [-0.2, 0) is 20.9 Å². The minimum Gasteiger partial charge on any atom is -0.459 e. The number of aromatic nitrogens is 2. The van der Waals surface area contributed by atoms with E-state index in [9.17, 15) is 14.4 Å². The van der Waals surface area contributed by atoms with Crippen molar-refractivity contribution < 1.29 is 23.9 Å². The molecule has 2 amide bonds. The first kappa shape index (κ1) is 23.5. The minimum atomic E-state index is -0.649. The molecule has 0 radical (unpaired) electrons. The Balaban J connectivity index is 1.16. The molecule has 5 rings (SSSR count). The average molecular weight is 487 g/mol. The van der Waals surface area contributed by atoms with E-state index in [0.717, 1.165) is 12.0 Å². The number of pyridine rings is 2. The van der Waals surface area contributed by atoms with Crippen LogP contribution in [0.5, 0.6) is 11.5 Å². The Bertz CT molecular complexity index is 1250. The number of nitrogens with one attached hydrogen (secondary N) is 1. The molecular weight excluding hydrogens is 460 g/mol. The smallest absolute Gasteiger partial charge is 0.329 e. The van der Waals surface area contributed by atoms with Crippen LogP contribution in [0, 0.1) is 5.41 Å². The van der Waals surface area contributed by atoms with Gasteiger partial charge in [-0.2, -0.15) is 0 Å². The first-order valence-corrected chi connectivity index (χ1v) is 11.8. The summed E-state index contributed by atoms with van der Waals surface area (Å²) >= 11 is 0. The number of carbonyl (C=O) groups is 3. The molecule has 9 nitrogen and oxygen atoms in total. The molecule has 36 heavy (non-hydrogen) atoms. The van der Waals surface area contributed by atoms with Crippen LogP contribution >= 0.6 is 0 Å². The second kappa shape index (κ2) is 9.77. The Morgan fingerprint density at radius 2 is 1.83 bits per heavy atom. The molecule has 3 atom stereocenters. The normalized spacial score (nSPS) is 21.9. The molecule has 1 aliphatic carbocycles. The third-order valence-electron chi connectivity index (χ3n) is 6.66. The van der Waals surface area contributed by atoms with Crippen LogP contribution in [0.15, 0.2) is 73.2 Å². The van der Waals surface area contributed by atoms with E-state index in [1.54, 1.807) is 35.5 Å². The highest BCUT2D eigenvalue weighted by atomic mass is 16.5. The van der Waals surface area contributed by atoms with Crippen molar-refractivity contribution >= 4 is 17.8 Å². The van der Waals surface area contributed by atoms with E-state index < -0.39 is 17.9 Å². The summed E-state index contributed by atoms with van der Waals surface area (Å²) in [4.78, 5) is 48.2.